The molecule has 0 radical (unpaired) electrons. The number of carbonyl (C=O) groups is 1. The third-order valence-corrected chi connectivity index (χ3v) is 5.18. The molecule has 0 bridgehead atoms. The van der Waals surface area contributed by atoms with E-state index in [-0.39, 0.29) is 5.91 Å². The van der Waals surface area contributed by atoms with Gasteiger partial charge in [0.2, 0.25) is 5.91 Å². The predicted molar refractivity (Wildman–Crippen MR) is 113 cm³/mol. The van der Waals surface area contributed by atoms with Crippen molar-refractivity contribution in [2.75, 3.05) is 26.3 Å². The van der Waals surface area contributed by atoms with Crippen LogP contribution in [0.1, 0.15) is 16.7 Å². The van der Waals surface area contributed by atoms with Crippen molar-refractivity contribution in [1.82, 2.24) is 9.47 Å². The summed E-state index contributed by atoms with van der Waals surface area (Å²) in [7, 11) is 0. The number of carbonyl (C=O) groups excluding carboxylic acids is 1. The zero-order chi connectivity index (χ0) is 19.5. The summed E-state index contributed by atoms with van der Waals surface area (Å²) in [5, 5.41) is 1.10. The van der Waals surface area contributed by atoms with Crippen molar-refractivity contribution in [3.63, 3.8) is 0 Å². The molecule has 144 valence electrons. The molecule has 1 saturated heterocycles. The van der Waals surface area contributed by atoms with Gasteiger partial charge in [0, 0.05) is 42.0 Å². The van der Waals surface area contributed by atoms with Crippen LogP contribution in [0.2, 0.25) is 0 Å². The molecule has 3 aromatic rings. The zero-order valence-corrected chi connectivity index (χ0v) is 16.4. The molecule has 2 aromatic carbocycles. The summed E-state index contributed by atoms with van der Waals surface area (Å²) in [6.07, 6.45) is 3.92. The first-order valence-corrected chi connectivity index (χ1v) is 9.66. The molecule has 28 heavy (non-hydrogen) atoms. The average molecular weight is 375 g/mol. The summed E-state index contributed by atoms with van der Waals surface area (Å²) in [4.78, 5) is 19.3. The molecule has 2 heterocycles. The second-order valence-electron chi connectivity index (χ2n) is 7.27. The van der Waals surface area contributed by atoms with Crippen LogP contribution in [0.4, 0.5) is 5.69 Å². The zero-order valence-electron chi connectivity index (χ0n) is 16.4. The first-order valence-electron chi connectivity index (χ1n) is 9.66. The van der Waals surface area contributed by atoms with Crippen LogP contribution in [0.15, 0.2) is 53.7 Å². The number of hydrogen-bond acceptors (Lipinski definition) is 3. The second kappa shape index (κ2) is 7.98. The van der Waals surface area contributed by atoms with E-state index < -0.39 is 0 Å². The highest BCUT2D eigenvalue weighted by Gasteiger charge is 2.18. The normalized spacial score (nSPS) is 14.9. The summed E-state index contributed by atoms with van der Waals surface area (Å²) in [5.41, 5.74) is 5.42. The van der Waals surface area contributed by atoms with Gasteiger partial charge in [-0.05, 0) is 31.5 Å². The van der Waals surface area contributed by atoms with Crippen LogP contribution in [0.3, 0.4) is 0 Å². The highest BCUT2D eigenvalue weighted by Crippen LogP contribution is 2.23. The molecule has 1 aromatic heterocycles. The number of fused-ring (bicyclic) bond motifs is 1. The van der Waals surface area contributed by atoms with Crippen LogP contribution in [-0.4, -0.2) is 47.9 Å². The Bertz CT molecular complexity index is 1030. The SMILES string of the molecule is Cc1ccc(N=Cc2cn(CC(=O)N3CCOCC3)c3ccccc23)c(C)c1. The summed E-state index contributed by atoms with van der Waals surface area (Å²) < 4.78 is 7.37. The molecule has 0 unspecified atom stereocenters. The molecule has 0 atom stereocenters. The van der Waals surface area contributed by atoms with Gasteiger partial charge in [-0.15, -0.1) is 0 Å². The van der Waals surface area contributed by atoms with Crippen LogP contribution in [0.25, 0.3) is 10.9 Å². The van der Waals surface area contributed by atoms with Crippen LogP contribution in [0, 0.1) is 13.8 Å². The van der Waals surface area contributed by atoms with E-state index >= 15 is 0 Å². The lowest BCUT2D eigenvalue weighted by Crippen LogP contribution is -2.42. The Labute approximate surface area is 165 Å². The Kier molecular flexibility index (Phi) is 5.26. The number of nitrogens with zero attached hydrogens (tertiary/aromatic N) is 3. The van der Waals surface area contributed by atoms with Crippen LogP contribution >= 0.6 is 0 Å². The number of amides is 1. The lowest BCUT2D eigenvalue weighted by Gasteiger charge is -2.27. The van der Waals surface area contributed by atoms with Crippen LogP contribution in [-0.2, 0) is 16.1 Å². The number of aryl methyl sites for hydroxylation is 2. The van der Waals surface area contributed by atoms with Crippen molar-refractivity contribution < 1.29 is 9.53 Å². The third-order valence-electron chi connectivity index (χ3n) is 5.18. The van der Waals surface area contributed by atoms with Gasteiger partial charge in [0.25, 0.3) is 0 Å². The summed E-state index contributed by atoms with van der Waals surface area (Å²) in [5.74, 6) is 0.127. The smallest absolute Gasteiger partial charge is 0.242 e. The largest absolute Gasteiger partial charge is 0.378 e. The van der Waals surface area contributed by atoms with Crippen molar-refractivity contribution in [3.8, 4) is 0 Å². The molecule has 1 aliphatic heterocycles. The molecule has 5 nitrogen and oxygen atoms in total. The Morgan fingerprint density at radius 1 is 1.14 bits per heavy atom. The van der Waals surface area contributed by atoms with Gasteiger partial charge in [0.1, 0.15) is 6.54 Å². The van der Waals surface area contributed by atoms with Crippen molar-refractivity contribution in [3.05, 3.63) is 65.4 Å². The van der Waals surface area contributed by atoms with Gasteiger partial charge in [0.15, 0.2) is 0 Å². The maximum atomic E-state index is 12.7. The topological polar surface area (TPSA) is 46.8 Å². The minimum absolute atomic E-state index is 0.127. The first-order chi connectivity index (χ1) is 13.6. The molecule has 4 rings (SSSR count). The molecule has 0 spiro atoms. The summed E-state index contributed by atoms with van der Waals surface area (Å²) in [6, 6.07) is 14.4. The number of ether oxygens (including phenoxy) is 1. The molecule has 0 saturated carbocycles. The van der Waals surface area contributed by atoms with E-state index in [1.165, 1.54) is 5.56 Å². The second-order valence-corrected chi connectivity index (χ2v) is 7.27. The van der Waals surface area contributed by atoms with E-state index in [1.807, 2.05) is 40.1 Å². The monoisotopic (exact) mass is 375 g/mol. The van der Waals surface area contributed by atoms with Crippen molar-refractivity contribution in [2.45, 2.75) is 20.4 Å². The van der Waals surface area contributed by atoms with Crippen molar-refractivity contribution in [2.24, 2.45) is 4.99 Å². The maximum absolute atomic E-state index is 12.7. The van der Waals surface area contributed by atoms with Crippen LogP contribution in [0.5, 0.6) is 0 Å². The maximum Gasteiger partial charge on any atom is 0.242 e. The summed E-state index contributed by atoms with van der Waals surface area (Å²) in [6.45, 7) is 7.05. The average Bonchev–Trinajstić information content (AvgIpc) is 3.06. The number of aliphatic imine (C=N–C) groups is 1. The fraction of sp³-hybridized carbons (Fsp3) is 0.304. The Hall–Kier alpha value is -2.92. The standard InChI is InChI=1S/C23H25N3O2/c1-17-7-8-21(18(2)13-17)24-14-19-15-26(22-6-4-3-5-20(19)22)16-23(27)25-9-11-28-12-10-25/h3-8,13-15H,9-12,16H2,1-2H3. The number of benzene rings is 2. The van der Waals surface area contributed by atoms with E-state index in [0.29, 0.717) is 32.8 Å². The summed E-state index contributed by atoms with van der Waals surface area (Å²) >= 11 is 0. The van der Waals surface area contributed by atoms with E-state index in [1.54, 1.807) is 0 Å². The minimum atomic E-state index is 0.127. The van der Waals surface area contributed by atoms with Gasteiger partial charge < -0.3 is 14.2 Å². The van der Waals surface area contributed by atoms with Gasteiger partial charge in [-0.1, -0.05) is 35.9 Å². The number of aromatic nitrogens is 1. The molecule has 1 aliphatic rings. The first kappa shape index (κ1) is 18.4. The molecule has 1 fully saturated rings. The van der Waals surface area contributed by atoms with Gasteiger partial charge in [0.05, 0.1) is 18.9 Å². The number of hydrogen-bond donors (Lipinski definition) is 0. The molecule has 1 amide bonds. The Morgan fingerprint density at radius 2 is 1.93 bits per heavy atom. The van der Waals surface area contributed by atoms with Gasteiger partial charge >= 0.3 is 0 Å². The number of para-hydroxylation sites is 1. The van der Waals surface area contributed by atoms with Gasteiger partial charge in [-0.25, -0.2) is 0 Å². The molecule has 5 heteroatoms. The fourth-order valence-electron chi connectivity index (χ4n) is 3.66. The van der Waals surface area contributed by atoms with E-state index in [0.717, 1.165) is 27.7 Å². The van der Waals surface area contributed by atoms with Gasteiger partial charge in [-0.3, -0.25) is 9.79 Å². The van der Waals surface area contributed by atoms with E-state index in [9.17, 15) is 4.79 Å². The molecule has 0 N–H and O–H groups in total. The minimum Gasteiger partial charge on any atom is -0.378 e. The number of rotatable bonds is 4. The quantitative estimate of drug-likeness (QED) is 0.650. The van der Waals surface area contributed by atoms with Crippen molar-refractivity contribution in [1.29, 1.82) is 0 Å². The molecular weight excluding hydrogens is 350 g/mol. The van der Waals surface area contributed by atoms with Crippen molar-refractivity contribution >= 4 is 28.7 Å². The highest BCUT2D eigenvalue weighted by atomic mass is 16.5. The predicted octanol–water partition coefficient (Wildman–Crippen LogP) is 3.87. The Morgan fingerprint density at radius 3 is 2.71 bits per heavy atom. The van der Waals surface area contributed by atoms with Crippen LogP contribution < -0.4 is 0 Å². The highest BCUT2D eigenvalue weighted by molar-refractivity contribution is 6.00. The van der Waals surface area contributed by atoms with Gasteiger partial charge in [-0.2, -0.15) is 0 Å². The molecule has 0 aliphatic carbocycles. The number of morpholine rings is 1. The fourth-order valence-corrected chi connectivity index (χ4v) is 3.66. The Balaban J connectivity index is 1.62. The van der Waals surface area contributed by atoms with E-state index in [2.05, 4.69) is 38.1 Å². The molecular formula is C23H25N3O2. The third kappa shape index (κ3) is 3.85. The lowest BCUT2D eigenvalue weighted by atomic mass is 10.1. The van der Waals surface area contributed by atoms with E-state index in [4.69, 9.17) is 9.73 Å². The lowest BCUT2D eigenvalue weighted by molar-refractivity contribution is -0.135.